The van der Waals surface area contributed by atoms with Crippen LogP contribution in [-0.4, -0.2) is 29.8 Å². The molecule has 3 N–H and O–H groups in total. The monoisotopic (exact) mass is 301 g/mol. The highest BCUT2D eigenvalue weighted by Crippen LogP contribution is 2.22. The summed E-state index contributed by atoms with van der Waals surface area (Å²) in [5, 5.41) is 2.33. The molecular weight excluding hydrogens is 290 g/mol. The van der Waals surface area contributed by atoms with E-state index in [9.17, 15) is 22.4 Å². The molecule has 2 aromatic rings. The molecule has 0 fully saturated rings. The fourth-order valence-corrected chi connectivity index (χ4v) is 1.68. The fraction of sp³-hybridized carbons (Fsp3) is 0.231. The number of benzene rings is 1. The number of carbonyl (C=O) groups excluding carboxylic acids is 1. The molecule has 0 saturated heterocycles. The quantitative estimate of drug-likeness (QED) is 0.852. The lowest BCUT2D eigenvalue weighted by atomic mass is 10.1. The zero-order valence-corrected chi connectivity index (χ0v) is 10.6. The summed E-state index contributed by atoms with van der Waals surface area (Å²) in [6.07, 6.45) is -3.85. The lowest BCUT2D eigenvalue weighted by Gasteiger charge is -2.15. The number of nitrogens with two attached hydrogens (primary N) is 1. The summed E-state index contributed by atoms with van der Waals surface area (Å²) in [6, 6.07) is 7.88. The number of amides is 1. The first-order valence-corrected chi connectivity index (χ1v) is 5.90. The molecule has 0 spiro atoms. The zero-order chi connectivity index (χ0) is 15.6. The van der Waals surface area contributed by atoms with E-state index in [1.54, 1.807) is 29.6 Å². The highest BCUT2D eigenvalue weighted by molar-refractivity contribution is 5.99. The van der Waals surface area contributed by atoms with Gasteiger partial charge in [-0.2, -0.15) is 8.78 Å². The van der Waals surface area contributed by atoms with Crippen molar-refractivity contribution >= 4 is 22.5 Å². The Morgan fingerprint density at radius 2 is 2.00 bits per heavy atom. The van der Waals surface area contributed by atoms with Crippen molar-refractivity contribution in [1.29, 1.82) is 0 Å². The third-order valence-electron chi connectivity index (χ3n) is 2.78. The largest absolute Gasteiger partial charge is 0.398 e. The third kappa shape index (κ3) is 3.21. The average molecular weight is 301 g/mol. The smallest absolute Gasteiger partial charge is 0.324 e. The van der Waals surface area contributed by atoms with Crippen LogP contribution in [0.1, 0.15) is 10.5 Å². The summed E-state index contributed by atoms with van der Waals surface area (Å²) in [5.74, 6) is -5.29. The minimum absolute atomic E-state index is 0.212. The van der Waals surface area contributed by atoms with Crippen LogP contribution in [0.25, 0.3) is 10.9 Å². The van der Waals surface area contributed by atoms with Gasteiger partial charge in [-0.15, -0.1) is 0 Å². The fourth-order valence-electron chi connectivity index (χ4n) is 1.68. The Labute approximate surface area is 117 Å². The molecule has 0 aliphatic heterocycles. The molecule has 8 heteroatoms. The molecule has 1 aromatic heterocycles. The van der Waals surface area contributed by atoms with Crippen LogP contribution in [-0.2, 0) is 0 Å². The molecule has 112 valence electrons. The van der Waals surface area contributed by atoms with E-state index in [1.165, 1.54) is 6.07 Å². The first kappa shape index (κ1) is 15.0. The van der Waals surface area contributed by atoms with Crippen molar-refractivity contribution in [3.05, 3.63) is 36.0 Å². The zero-order valence-electron chi connectivity index (χ0n) is 10.6. The number of hydrogen-bond donors (Lipinski definition) is 2. The van der Waals surface area contributed by atoms with E-state index in [0.29, 0.717) is 10.9 Å². The lowest BCUT2D eigenvalue weighted by Crippen LogP contribution is -2.41. The molecule has 0 bridgehead atoms. The number of nitrogens with zero attached hydrogens (tertiary/aromatic N) is 1. The molecule has 0 aliphatic rings. The van der Waals surface area contributed by atoms with Crippen molar-refractivity contribution in [3.8, 4) is 0 Å². The molecule has 0 unspecified atom stereocenters. The second-order valence-corrected chi connectivity index (χ2v) is 4.36. The van der Waals surface area contributed by atoms with Crippen LogP contribution in [0, 0.1) is 0 Å². The Morgan fingerprint density at radius 1 is 1.33 bits per heavy atom. The van der Waals surface area contributed by atoms with Gasteiger partial charge in [0.05, 0.1) is 12.1 Å². The van der Waals surface area contributed by atoms with Crippen LogP contribution in [0.3, 0.4) is 0 Å². The molecular formula is C13H11F4N3O. The normalized spacial score (nSPS) is 11.9. The first-order valence-electron chi connectivity index (χ1n) is 5.90. The number of hydrogen-bond acceptors (Lipinski definition) is 3. The lowest BCUT2D eigenvalue weighted by molar-refractivity contribution is -0.123. The Kier molecular flexibility index (Phi) is 3.97. The summed E-state index contributed by atoms with van der Waals surface area (Å²) in [6.45, 7) is -1.47. The number of nitrogens with one attached hydrogen (secondary N) is 1. The summed E-state index contributed by atoms with van der Waals surface area (Å²) in [5.41, 5.74) is 6.17. The number of rotatable bonds is 4. The molecule has 0 atom stereocenters. The van der Waals surface area contributed by atoms with Gasteiger partial charge in [-0.3, -0.25) is 4.79 Å². The number of aromatic nitrogens is 1. The third-order valence-corrected chi connectivity index (χ3v) is 2.78. The van der Waals surface area contributed by atoms with Crippen LogP contribution in [0.4, 0.5) is 23.2 Å². The Bertz CT molecular complexity index is 676. The SMILES string of the molecule is Nc1cc(C(=O)NCC(F)(F)C(F)F)nc2ccccc12. The van der Waals surface area contributed by atoms with E-state index < -0.39 is 24.8 Å². The number of anilines is 1. The van der Waals surface area contributed by atoms with Gasteiger partial charge in [0, 0.05) is 11.1 Å². The summed E-state index contributed by atoms with van der Waals surface area (Å²) in [7, 11) is 0. The standard InChI is InChI=1S/C13H11F4N3O/c14-12(15)13(16,17)6-19-11(21)10-5-8(18)7-3-1-2-4-9(7)20-10/h1-5,12H,6H2,(H2,18,20)(H,19,21). The Morgan fingerprint density at radius 3 is 2.67 bits per heavy atom. The van der Waals surface area contributed by atoms with Crippen molar-refractivity contribution in [1.82, 2.24) is 10.3 Å². The molecule has 4 nitrogen and oxygen atoms in total. The van der Waals surface area contributed by atoms with Crippen molar-refractivity contribution in [2.75, 3.05) is 12.3 Å². The minimum Gasteiger partial charge on any atom is -0.398 e. The number of nitrogen functional groups attached to an aromatic ring is 1. The van der Waals surface area contributed by atoms with E-state index in [0.717, 1.165) is 0 Å². The maximum absolute atomic E-state index is 12.7. The maximum Gasteiger partial charge on any atom is 0.324 e. The van der Waals surface area contributed by atoms with Crippen LogP contribution in [0.5, 0.6) is 0 Å². The first-order chi connectivity index (χ1) is 9.81. The average Bonchev–Trinajstić information content (AvgIpc) is 2.44. The number of fused-ring (bicyclic) bond motifs is 1. The molecule has 0 saturated carbocycles. The molecule has 0 radical (unpaired) electrons. The van der Waals surface area contributed by atoms with Gasteiger partial charge in [-0.05, 0) is 12.1 Å². The Hall–Kier alpha value is -2.38. The molecule has 0 aliphatic carbocycles. The molecule has 1 amide bonds. The van der Waals surface area contributed by atoms with E-state index in [-0.39, 0.29) is 11.4 Å². The van der Waals surface area contributed by atoms with Crippen molar-refractivity contribution in [2.24, 2.45) is 0 Å². The highest BCUT2D eigenvalue weighted by Gasteiger charge is 2.40. The van der Waals surface area contributed by atoms with Gasteiger partial charge in [0.25, 0.3) is 5.91 Å². The minimum atomic E-state index is -4.29. The van der Waals surface area contributed by atoms with Crippen LogP contribution < -0.4 is 11.1 Å². The number of pyridine rings is 1. The van der Waals surface area contributed by atoms with E-state index in [1.807, 2.05) is 0 Å². The van der Waals surface area contributed by atoms with E-state index >= 15 is 0 Å². The number of carbonyl (C=O) groups is 1. The predicted octanol–water partition coefficient (Wildman–Crippen LogP) is 2.45. The summed E-state index contributed by atoms with van der Waals surface area (Å²) in [4.78, 5) is 15.7. The van der Waals surface area contributed by atoms with Gasteiger partial charge in [0.15, 0.2) is 0 Å². The van der Waals surface area contributed by atoms with Crippen LogP contribution in [0.15, 0.2) is 30.3 Å². The molecule has 1 heterocycles. The van der Waals surface area contributed by atoms with Crippen LogP contribution in [0.2, 0.25) is 0 Å². The summed E-state index contributed by atoms with van der Waals surface area (Å²) >= 11 is 0. The molecule has 21 heavy (non-hydrogen) atoms. The topological polar surface area (TPSA) is 68.0 Å². The number of halogens is 4. The van der Waals surface area contributed by atoms with Crippen molar-refractivity contribution in [2.45, 2.75) is 12.3 Å². The molecule has 1 aromatic carbocycles. The predicted molar refractivity (Wildman–Crippen MR) is 69.4 cm³/mol. The highest BCUT2D eigenvalue weighted by atomic mass is 19.3. The van der Waals surface area contributed by atoms with Gasteiger partial charge in [0.1, 0.15) is 5.69 Å². The van der Waals surface area contributed by atoms with E-state index in [4.69, 9.17) is 5.73 Å². The van der Waals surface area contributed by atoms with E-state index in [2.05, 4.69) is 4.98 Å². The molecule has 2 rings (SSSR count). The second-order valence-electron chi connectivity index (χ2n) is 4.36. The van der Waals surface area contributed by atoms with Gasteiger partial charge in [0.2, 0.25) is 0 Å². The van der Waals surface area contributed by atoms with Gasteiger partial charge >= 0.3 is 12.3 Å². The Balaban J connectivity index is 2.20. The van der Waals surface area contributed by atoms with Gasteiger partial charge < -0.3 is 11.1 Å². The van der Waals surface area contributed by atoms with Crippen molar-refractivity contribution < 1.29 is 22.4 Å². The van der Waals surface area contributed by atoms with Gasteiger partial charge in [-0.1, -0.05) is 18.2 Å². The van der Waals surface area contributed by atoms with Crippen molar-refractivity contribution in [3.63, 3.8) is 0 Å². The summed E-state index contributed by atoms with van der Waals surface area (Å²) < 4.78 is 49.5. The number of para-hydroxylation sites is 1. The van der Waals surface area contributed by atoms with Gasteiger partial charge in [-0.25, -0.2) is 13.8 Å². The maximum atomic E-state index is 12.7. The van der Waals surface area contributed by atoms with Crippen LogP contribution >= 0.6 is 0 Å². The second kappa shape index (κ2) is 5.55. The number of alkyl halides is 4.